The Morgan fingerprint density at radius 1 is 0.917 bits per heavy atom. The van der Waals surface area contributed by atoms with Crippen LogP contribution in [0.1, 0.15) is 40.0 Å². The monoisotopic (exact) mass is 342 g/mol. The van der Waals surface area contributed by atoms with Gasteiger partial charge >= 0.3 is 0 Å². The molecule has 0 heterocycles. The third-order valence-electron chi connectivity index (χ3n) is 3.00. The van der Waals surface area contributed by atoms with E-state index in [0.717, 1.165) is 24.8 Å². The van der Waals surface area contributed by atoms with Crippen LogP contribution in [0.4, 0.5) is 0 Å². The molecule has 0 aliphatic rings. The molecule has 0 aliphatic heterocycles. The number of allylic oxidation sites excluding steroid dienone is 1. The van der Waals surface area contributed by atoms with Crippen LogP contribution in [-0.2, 0) is 9.59 Å². The predicted octanol–water partition coefficient (Wildman–Crippen LogP) is 0.880. The lowest BCUT2D eigenvalue weighted by atomic mass is 10.2. The molecule has 0 fully saturated rings. The largest absolute Gasteiger partial charge is 0.278 e. The van der Waals surface area contributed by atoms with E-state index < -0.39 is 0 Å². The molecule has 0 aliphatic carbocycles. The van der Waals surface area contributed by atoms with Crippen molar-refractivity contribution in [3.05, 3.63) is 23.8 Å². The van der Waals surface area contributed by atoms with Gasteiger partial charge in [-0.05, 0) is 19.8 Å². The molecule has 0 aromatic rings. The van der Waals surface area contributed by atoms with Crippen LogP contribution in [0, 0.1) is 0 Å². The van der Waals surface area contributed by atoms with Gasteiger partial charge in [-0.1, -0.05) is 32.9 Å². The second kappa shape index (κ2) is 14.8. The summed E-state index contributed by atoms with van der Waals surface area (Å²) in [6, 6.07) is 0. The van der Waals surface area contributed by atoms with E-state index in [9.17, 15) is 9.59 Å². The van der Waals surface area contributed by atoms with E-state index in [1.54, 1.807) is 35.1 Å². The second-order valence-corrected chi connectivity index (χ2v) is 4.82. The van der Waals surface area contributed by atoms with Crippen molar-refractivity contribution in [2.75, 3.05) is 28.2 Å². The SMILES string of the molecule is C=C(CCC)C(=O)N(NC)NC.CCC=C(C)C(=O)N(NC)NC. The summed E-state index contributed by atoms with van der Waals surface area (Å²) in [5.74, 6) is -0.163. The van der Waals surface area contributed by atoms with Gasteiger partial charge in [0.25, 0.3) is 11.8 Å². The van der Waals surface area contributed by atoms with Crippen LogP contribution in [0.25, 0.3) is 0 Å². The molecule has 0 saturated heterocycles. The minimum absolute atomic E-state index is 0.0538. The van der Waals surface area contributed by atoms with Crippen LogP contribution < -0.4 is 21.7 Å². The Labute approximate surface area is 146 Å². The number of nitrogens with one attached hydrogen (secondary N) is 4. The number of carbonyl (C=O) groups excluding carboxylic acids is 2. The molecule has 140 valence electrons. The number of hydrogen-bond acceptors (Lipinski definition) is 6. The molecule has 0 bridgehead atoms. The molecule has 4 N–H and O–H groups in total. The summed E-state index contributed by atoms with van der Waals surface area (Å²) in [5, 5.41) is 2.64. The summed E-state index contributed by atoms with van der Waals surface area (Å²) in [4.78, 5) is 22.8. The number of hydrogen-bond donors (Lipinski definition) is 4. The molecule has 2 amide bonds. The first-order valence-corrected chi connectivity index (χ1v) is 8.07. The first-order valence-electron chi connectivity index (χ1n) is 8.07. The van der Waals surface area contributed by atoms with Gasteiger partial charge in [-0.3, -0.25) is 9.59 Å². The smallest absolute Gasteiger partial charge is 0.267 e. The Bertz CT molecular complexity index is 415. The molecule has 8 nitrogen and oxygen atoms in total. The van der Waals surface area contributed by atoms with Crippen LogP contribution >= 0.6 is 0 Å². The topological polar surface area (TPSA) is 88.7 Å². The second-order valence-electron chi connectivity index (χ2n) is 4.82. The van der Waals surface area contributed by atoms with Gasteiger partial charge < -0.3 is 0 Å². The fraction of sp³-hybridized carbons (Fsp3) is 0.625. The van der Waals surface area contributed by atoms with Gasteiger partial charge in [-0.2, -0.15) is 0 Å². The van der Waals surface area contributed by atoms with Crippen molar-refractivity contribution in [1.82, 2.24) is 31.9 Å². The fourth-order valence-electron chi connectivity index (χ4n) is 1.77. The average molecular weight is 342 g/mol. The van der Waals surface area contributed by atoms with E-state index in [4.69, 9.17) is 0 Å². The Morgan fingerprint density at radius 3 is 1.67 bits per heavy atom. The fourth-order valence-corrected chi connectivity index (χ4v) is 1.77. The lowest BCUT2D eigenvalue weighted by Crippen LogP contribution is -2.48. The zero-order valence-corrected chi connectivity index (χ0v) is 16.1. The molecule has 24 heavy (non-hydrogen) atoms. The zero-order valence-electron chi connectivity index (χ0n) is 16.1. The Balaban J connectivity index is 0. The number of nitrogens with zero attached hydrogens (tertiary/aromatic N) is 2. The van der Waals surface area contributed by atoms with Crippen molar-refractivity contribution in [3.63, 3.8) is 0 Å². The molecule has 0 saturated carbocycles. The van der Waals surface area contributed by atoms with Crippen molar-refractivity contribution in [2.45, 2.75) is 40.0 Å². The van der Waals surface area contributed by atoms with Gasteiger partial charge in [0.1, 0.15) is 0 Å². The summed E-state index contributed by atoms with van der Waals surface area (Å²) in [7, 11) is 6.72. The van der Waals surface area contributed by atoms with Crippen molar-refractivity contribution < 1.29 is 9.59 Å². The van der Waals surface area contributed by atoms with Gasteiger partial charge in [-0.15, -0.1) is 0 Å². The van der Waals surface area contributed by atoms with Crippen molar-refractivity contribution in [3.8, 4) is 0 Å². The quantitative estimate of drug-likeness (QED) is 0.367. The van der Waals surface area contributed by atoms with Crippen LogP contribution in [-0.4, -0.2) is 50.2 Å². The zero-order chi connectivity index (χ0) is 19.1. The van der Waals surface area contributed by atoms with Crippen molar-refractivity contribution >= 4 is 11.8 Å². The summed E-state index contributed by atoms with van der Waals surface area (Å²) in [6.45, 7) is 9.50. The van der Waals surface area contributed by atoms with E-state index in [1.165, 1.54) is 10.2 Å². The average Bonchev–Trinajstić information content (AvgIpc) is 2.57. The van der Waals surface area contributed by atoms with E-state index in [2.05, 4.69) is 28.3 Å². The highest BCUT2D eigenvalue weighted by molar-refractivity contribution is 5.92. The molecule has 0 spiro atoms. The van der Waals surface area contributed by atoms with Crippen molar-refractivity contribution in [2.24, 2.45) is 0 Å². The third-order valence-corrected chi connectivity index (χ3v) is 3.00. The van der Waals surface area contributed by atoms with Crippen LogP contribution in [0.5, 0.6) is 0 Å². The summed E-state index contributed by atoms with van der Waals surface area (Å²) in [5.41, 5.74) is 12.2. The Morgan fingerprint density at radius 2 is 1.33 bits per heavy atom. The minimum Gasteiger partial charge on any atom is -0.267 e. The van der Waals surface area contributed by atoms with E-state index in [1.807, 2.05) is 19.9 Å². The molecular weight excluding hydrogens is 308 g/mol. The number of rotatable bonds is 9. The van der Waals surface area contributed by atoms with Crippen LogP contribution in [0.15, 0.2) is 23.8 Å². The highest BCUT2D eigenvalue weighted by Gasteiger charge is 2.12. The predicted molar refractivity (Wildman–Crippen MR) is 98.0 cm³/mol. The standard InChI is InChI=1S/2C8H17N3O/c2*1-5-6-7(2)8(12)11(9-3)10-4/h6,9-10H,5H2,1-4H3;9-10H,2,5-6H2,1,3-4H3. The molecular formula is C16H34N6O2. The molecule has 0 unspecified atom stereocenters. The summed E-state index contributed by atoms with van der Waals surface area (Å²) in [6.07, 6.45) is 4.44. The lowest BCUT2D eigenvalue weighted by Gasteiger charge is -2.20. The van der Waals surface area contributed by atoms with Crippen molar-refractivity contribution in [1.29, 1.82) is 0 Å². The van der Waals surface area contributed by atoms with Gasteiger partial charge in [0.15, 0.2) is 0 Å². The highest BCUT2D eigenvalue weighted by Crippen LogP contribution is 2.03. The third kappa shape index (κ3) is 9.41. The molecule has 0 aromatic carbocycles. The first kappa shape index (κ1) is 24.5. The molecule has 0 atom stereocenters. The summed E-state index contributed by atoms with van der Waals surface area (Å²) < 4.78 is 0. The lowest BCUT2D eigenvalue weighted by molar-refractivity contribution is -0.133. The van der Waals surface area contributed by atoms with Crippen LogP contribution in [0.3, 0.4) is 0 Å². The Hall–Kier alpha value is -1.74. The number of amides is 2. The van der Waals surface area contributed by atoms with Gasteiger partial charge in [0.2, 0.25) is 0 Å². The van der Waals surface area contributed by atoms with E-state index in [0.29, 0.717) is 5.57 Å². The van der Waals surface area contributed by atoms with E-state index in [-0.39, 0.29) is 11.8 Å². The van der Waals surface area contributed by atoms with Gasteiger partial charge in [0.05, 0.1) is 0 Å². The maximum absolute atomic E-state index is 11.4. The Kier molecular flexibility index (Phi) is 15.1. The molecule has 0 rings (SSSR count). The minimum atomic E-state index is -0.109. The molecule has 0 aromatic heterocycles. The number of hydrazine groups is 4. The van der Waals surface area contributed by atoms with Crippen LogP contribution in [0.2, 0.25) is 0 Å². The molecule has 8 heteroatoms. The molecule has 0 radical (unpaired) electrons. The van der Waals surface area contributed by atoms with Gasteiger partial charge in [0, 0.05) is 39.3 Å². The normalized spacial score (nSPS) is 10.5. The van der Waals surface area contributed by atoms with Gasteiger partial charge in [-0.25, -0.2) is 31.9 Å². The number of carbonyl (C=O) groups is 2. The maximum Gasteiger partial charge on any atom is 0.278 e. The maximum atomic E-state index is 11.4. The van der Waals surface area contributed by atoms with E-state index >= 15 is 0 Å². The summed E-state index contributed by atoms with van der Waals surface area (Å²) >= 11 is 0. The first-order chi connectivity index (χ1) is 11.3. The highest BCUT2D eigenvalue weighted by atomic mass is 16.2.